The van der Waals surface area contributed by atoms with Crippen LogP contribution in [-0.4, -0.2) is 0 Å². The van der Waals surface area contributed by atoms with Crippen LogP contribution in [0.3, 0.4) is 0 Å². The third-order valence-electron chi connectivity index (χ3n) is 2.21. The van der Waals surface area contributed by atoms with Crippen molar-refractivity contribution in [2.75, 3.05) is 5.73 Å². The summed E-state index contributed by atoms with van der Waals surface area (Å²) < 4.78 is 0. The summed E-state index contributed by atoms with van der Waals surface area (Å²) in [4.78, 5) is 0. The molecular formula is C11H12N2. The summed E-state index contributed by atoms with van der Waals surface area (Å²) in [6.45, 7) is 0.574. The van der Waals surface area contributed by atoms with Gasteiger partial charge in [0.15, 0.2) is 0 Å². The Balaban J connectivity index is 2.72. The van der Waals surface area contributed by atoms with E-state index < -0.39 is 0 Å². The average Bonchev–Trinajstić information content (AvgIpc) is 2.18. The van der Waals surface area contributed by atoms with Crippen LogP contribution in [0.2, 0.25) is 0 Å². The molecule has 2 rings (SSSR count). The van der Waals surface area contributed by atoms with Crippen molar-refractivity contribution >= 4 is 16.5 Å². The molecule has 0 radical (unpaired) electrons. The van der Waals surface area contributed by atoms with Crippen LogP contribution in [0.5, 0.6) is 0 Å². The van der Waals surface area contributed by atoms with Gasteiger partial charge in [0.25, 0.3) is 0 Å². The molecular weight excluding hydrogens is 160 g/mol. The molecule has 0 unspecified atom stereocenters. The number of anilines is 1. The fraction of sp³-hybridized carbons (Fsp3) is 0.0909. The van der Waals surface area contributed by atoms with Crippen LogP contribution in [-0.2, 0) is 6.54 Å². The Hall–Kier alpha value is -1.54. The molecule has 66 valence electrons. The van der Waals surface area contributed by atoms with Gasteiger partial charge in [-0.2, -0.15) is 0 Å². The summed E-state index contributed by atoms with van der Waals surface area (Å²) in [5, 5.41) is 2.25. The fourth-order valence-corrected chi connectivity index (χ4v) is 1.49. The number of benzene rings is 2. The van der Waals surface area contributed by atoms with Crippen molar-refractivity contribution in [1.29, 1.82) is 0 Å². The van der Waals surface area contributed by atoms with Crippen molar-refractivity contribution in [3.63, 3.8) is 0 Å². The van der Waals surface area contributed by atoms with E-state index in [4.69, 9.17) is 11.5 Å². The smallest absolute Gasteiger partial charge is 0.0393 e. The predicted octanol–water partition coefficient (Wildman–Crippen LogP) is 1.88. The second kappa shape index (κ2) is 3.07. The molecule has 2 aromatic rings. The zero-order chi connectivity index (χ0) is 9.26. The van der Waals surface area contributed by atoms with Gasteiger partial charge >= 0.3 is 0 Å². The van der Waals surface area contributed by atoms with Crippen LogP contribution in [0.1, 0.15) is 5.56 Å². The monoisotopic (exact) mass is 172 g/mol. The molecule has 0 amide bonds. The lowest BCUT2D eigenvalue weighted by atomic mass is 10.1. The summed E-state index contributed by atoms with van der Waals surface area (Å²) >= 11 is 0. The first-order valence-corrected chi connectivity index (χ1v) is 4.28. The first-order chi connectivity index (χ1) is 6.31. The normalized spacial score (nSPS) is 10.5. The van der Waals surface area contributed by atoms with Gasteiger partial charge in [-0.15, -0.1) is 0 Å². The summed E-state index contributed by atoms with van der Waals surface area (Å²) in [5.74, 6) is 0. The third kappa shape index (κ3) is 1.36. The summed E-state index contributed by atoms with van der Waals surface area (Å²) in [6.07, 6.45) is 0. The van der Waals surface area contributed by atoms with E-state index in [-0.39, 0.29) is 0 Å². The first kappa shape index (κ1) is 8.08. The molecule has 0 fully saturated rings. The molecule has 0 aliphatic heterocycles. The summed E-state index contributed by atoms with van der Waals surface area (Å²) in [5.41, 5.74) is 13.3. The van der Waals surface area contributed by atoms with Crippen molar-refractivity contribution in [3.05, 3.63) is 42.0 Å². The molecule has 2 nitrogen and oxygen atoms in total. The van der Waals surface area contributed by atoms with E-state index in [1.165, 1.54) is 0 Å². The predicted molar refractivity (Wildman–Crippen MR) is 56.3 cm³/mol. The highest BCUT2D eigenvalue weighted by molar-refractivity contribution is 5.93. The van der Waals surface area contributed by atoms with Crippen molar-refractivity contribution in [2.24, 2.45) is 5.73 Å². The van der Waals surface area contributed by atoms with E-state index in [1.54, 1.807) is 0 Å². The summed E-state index contributed by atoms with van der Waals surface area (Å²) in [7, 11) is 0. The number of rotatable bonds is 1. The van der Waals surface area contributed by atoms with Crippen LogP contribution in [0.4, 0.5) is 5.69 Å². The molecule has 2 aromatic carbocycles. The van der Waals surface area contributed by atoms with Gasteiger partial charge in [-0.1, -0.05) is 24.3 Å². The lowest BCUT2D eigenvalue weighted by Crippen LogP contribution is -1.96. The van der Waals surface area contributed by atoms with E-state index in [1.807, 2.05) is 30.3 Å². The molecule has 0 spiro atoms. The van der Waals surface area contributed by atoms with Crippen molar-refractivity contribution in [3.8, 4) is 0 Å². The number of nitrogen functional groups attached to an aromatic ring is 1. The molecule has 0 saturated heterocycles. The lowest BCUT2D eigenvalue weighted by Gasteiger charge is -2.03. The van der Waals surface area contributed by atoms with Crippen molar-refractivity contribution in [1.82, 2.24) is 0 Å². The molecule has 13 heavy (non-hydrogen) atoms. The standard InChI is InChI=1S/C11H12N2/c12-7-8-4-5-10-9(6-8)2-1-3-11(10)13/h1-6H,7,12-13H2. The Labute approximate surface area is 77.2 Å². The molecule has 2 heteroatoms. The van der Waals surface area contributed by atoms with E-state index in [9.17, 15) is 0 Å². The highest BCUT2D eigenvalue weighted by Gasteiger charge is 1.97. The lowest BCUT2D eigenvalue weighted by molar-refractivity contribution is 1.08. The van der Waals surface area contributed by atoms with Crippen LogP contribution >= 0.6 is 0 Å². The zero-order valence-electron chi connectivity index (χ0n) is 7.33. The van der Waals surface area contributed by atoms with Gasteiger partial charge in [-0.05, 0) is 23.1 Å². The maximum Gasteiger partial charge on any atom is 0.0393 e. The minimum atomic E-state index is 0.574. The first-order valence-electron chi connectivity index (χ1n) is 4.28. The molecule has 0 aliphatic rings. The Morgan fingerprint density at radius 1 is 1.08 bits per heavy atom. The molecule has 0 aromatic heterocycles. The van der Waals surface area contributed by atoms with Gasteiger partial charge in [0.1, 0.15) is 0 Å². The molecule has 0 aliphatic carbocycles. The molecule has 0 bridgehead atoms. The van der Waals surface area contributed by atoms with Crippen LogP contribution < -0.4 is 11.5 Å². The number of nitrogens with two attached hydrogens (primary N) is 2. The molecule has 0 saturated carbocycles. The van der Waals surface area contributed by atoms with Crippen LogP contribution in [0, 0.1) is 0 Å². The second-order valence-corrected chi connectivity index (χ2v) is 3.11. The zero-order valence-corrected chi connectivity index (χ0v) is 7.33. The third-order valence-corrected chi connectivity index (χ3v) is 2.21. The topological polar surface area (TPSA) is 52.0 Å². The Bertz CT molecular complexity index is 435. The van der Waals surface area contributed by atoms with Gasteiger partial charge < -0.3 is 11.5 Å². The van der Waals surface area contributed by atoms with Gasteiger partial charge in [0, 0.05) is 17.6 Å². The highest BCUT2D eigenvalue weighted by Crippen LogP contribution is 2.21. The van der Waals surface area contributed by atoms with Crippen LogP contribution in [0.25, 0.3) is 10.8 Å². The SMILES string of the molecule is NCc1ccc2c(N)cccc2c1. The van der Waals surface area contributed by atoms with Crippen LogP contribution in [0.15, 0.2) is 36.4 Å². The van der Waals surface area contributed by atoms with E-state index in [0.29, 0.717) is 6.54 Å². The molecule has 0 atom stereocenters. The highest BCUT2D eigenvalue weighted by atomic mass is 14.6. The Morgan fingerprint density at radius 3 is 2.69 bits per heavy atom. The molecule has 4 N–H and O–H groups in total. The van der Waals surface area contributed by atoms with Crippen molar-refractivity contribution < 1.29 is 0 Å². The number of fused-ring (bicyclic) bond motifs is 1. The fourth-order valence-electron chi connectivity index (χ4n) is 1.49. The van der Waals surface area contributed by atoms with Gasteiger partial charge in [0.05, 0.1) is 0 Å². The average molecular weight is 172 g/mol. The largest absolute Gasteiger partial charge is 0.398 e. The van der Waals surface area contributed by atoms with Crippen molar-refractivity contribution in [2.45, 2.75) is 6.54 Å². The Kier molecular flexibility index (Phi) is 1.91. The molecule has 0 heterocycles. The number of hydrogen-bond acceptors (Lipinski definition) is 2. The van der Waals surface area contributed by atoms with Gasteiger partial charge in [-0.3, -0.25) is 0 Å². The van der Waals surface area contributed by atoms with Gasteiger partial charge in [0.2, 0.25) is 0 Å². The minimum Gasteiger partial charge on any atom is -0.398 e. The number of hydrogen-bond donors (Lipinski definition) is 2. The quantitative estimate of drug-likeness (QED) is 0.645. The maximum absolute atomic E-state index is 5.82. The minimum absolute atomic E-state index is 0.574. The Morgan fingerprint density at radius 2 is 1.92 bits per heavy atom. The second-order valence-electron chi connectivity index (χ2n) is 3.11. The summed E-state index contributed by atoms with van der Waals surface area (Å²) in [6, 6.07) is 12.0. The maximum atomic E-state index is 5.82. The van der Waals surface area contributed by atoms with E-state index >= 15 is 0 Å². The van der Waals surface area contributed by atoms with E-state index in [2.05, 4.69) is 6.07 Å². The van der Waals surface area contributed by atoms with E-state index in [0.717, 1.165) is 22.0 Å². The van der Waals surface area contributed by atoms with Gasteiger partial charge in [-0.25, -0.2) is 0 Å².